The molecule has 11 nitrogen and oxygen atoms in total. The lowest BCUT2D eigenvalue weighted by Crippen LogP contribution is -2.32. The van der Waals surface area contributed by atoms with Gasteiger partial charge in [0.25, 0.3) is 0 Å². The molecule has 0 aliphatic heterocycles. The number of hydrogen-bond acceptors (Lipinski definition) is 11. The van der Waals surface area contributed by atoms with E-state index < -0.39 is 0 Å². The van der Waals surface area contributed by atoms with Crippen LogP contribution in [0.1, 0.15) is 556 Å². The summed E-state index contributed by atoms with van der Waals surface area (Å²) in [5, 5.41) is 0. The van der Waals surface area contributed by atoms with Gasteiger partial charge in [0.15, 0.2) is 0 Å². The van der Waals surface area contributed by atoms with Crippen LogP contribution in [0.25, 0.3) is 0 Å². The van der Waals surface area contributed by atoms with Gasteiger partial charge in [0.2, 0.25) is 0 Å². The molecule has 4 unspecified atom stereocenters. The molecule has 0 heterocycles. The van der Waals surface area contributed by atoms with E-state index >= 15 is 0 Å². The molecule has 0 fully saturated rings. The van der Waals surface area contributed by atoms with Gasteiger partial charge in [-0.3, -0.25) is 19.2 Å². The largest absolute Gasteiger partial charge is 0.465 e. The van der Waals surface area contributed by atoms with Crippen molar-refractivity contribution in [1.82, 2.24) is 14.7 Å². The molecule has 0 amide bonds. The van der Waals surface area contributed by atoms with Crippen LogP contribution in [0.2, 0.25) is 0 Å². The maximum absolute atomic E-state index is 13.3. The molecule has 0 aliphatic carbocycles. The van der Waals surface area contributed by atoms with Crippen LogP contribution >= 0.6 is 0 Å². The summed E-state index contributed by atoms with van der Waals surface area (Å²) in [4.78, 5) is 61.4. The number of rotatable bonds is 100. The number of ether oxygens (including phenoxy) is 4. The Morgan fingerprint density at radius 2 is 0.305 bits per heavy atom. The molecule has 0 spiro atoms. The zero-order valence-electron chi connectivity index (χ0n) is 81.6. The minimum Gasteiger partial charge on any atom is -0.465 e. The van der Waals surface area contributed by atoms with E-state index in [1.54, 1.807) is 0 Å². The zero-order valence-corrected chi connectivity index (χ0v) is 81.6. The van der Waals surface area contributed by atoms with Crippen LogP contribution in [0.15, 0.2) is 0 Å². The quantitative estimate of drug-likeness (QED) is 0.0329. The van der Waals surface area contributed by atoms with Crippen LogP contribution < -0.4 is 0 Å². The number of hydrogen-bond donors (Lipinski definition) is 0. The lowest BCUT2D eigenvalue weighted by molar-refractivity contribution is -0.150. The first kappa shape index (κ1) is 116. The number of unbranched alkanes of at least 4 members (excludes halogenated alkanes) is 56. The topological polar surface area (TPSA) is 115 Å². The van der Waals surface area contributed by atoms with Crippen LogP contribution in [-0.2, 0) is 38.1 Å². The fourth-order valence-corrected chi connectivity index (χ4v) is 17.8. The van der Waals surface area contributed by atoms with Gasteiger partial charge < -0.3 is 33.6 Å². The minimum absolute atomic E-state index is 0.0801. The normalized spacial score (nSPS) is 12.8. The van der Waals surface area contributed by atoms with E-state index in [1.165, 1.54) is 386 Å². The lowest BCUT2D eigenvalue weighted by Gasteiger charge is -2.26. The van der Waals surface area contributed by atoms with Gasteiger partial charge in [0.1, 0.15) is 0 Å². The van der Waals surface area contributed by atoms with Gasteiger partial charge in [-0.05, 0) is 175 Å². The molecule has 0 saturated heterocycles. The standard InChI is InChI=1S/C107H211N3O8/c1-10-18-26-34-50-66-84-100(80-62-30-22-14-5)104(111)115-96-74-58-46-38-42-54-70-90-109(91-71-55-43-39-47-59-75-97-116-105(112)101(81-63-31-23-15-6)85-67-51-35-27-19-11-2)94-78-88-108(9)89-79-95-110(92-72-56-44-40-48-60-76-98-117-106(113)102(82-64-32-24-16-7)86-68-52-36-28-20-12-3)93-73-57-45-41-49-61-77-99-118-107(114)103(83-65-33-25-17-8)87-69-53-37-29-21-13-4/h100-103H,10-99H2,1-9H3. The van der Waals surface area contributed by atoms with E-state index in [2.05, 4.69) is 77.1 Å². The van der Waals surface area contributed by atoms with E-state index in [-0.39, 0.29) is 47.5 Å². The summed E-state index contributed by atoms with van der Waals surface area (Å²) < 4.78 is 23.8. The Morgan fingerprint density at radius 1 is 0.169 bits per heavy atom. The first-order chi connectivity index (χ1) is 58.0. The molecule has 0 N–H and O–H groups in total. The maximum atomic E-state index is 13.3. The van der Waals surface area contributed by atoms with Gasteiger partial charge in [-0.25, -0.2) is 0 Å². The number of nitrogens with zero attached hydrogens (tertiary/aromatic N) is 3. The highest BCUT2D eigenvalue weighted by Gasteiger charge is 2.24. The van der Waals surface area contributed by atoms with Gasteiger partial charge in [-0.2, -0.15) is 0 Å². The minimum atomic E-state index is 0.0801. The highest BCUT2D eigenvalue weighted by Crippen LogP contribution is 2.27. The molecule has 0 rings (SSSR count). The molecule has 11 heteroatoms. The highest BCUT2D eigenvalue weighted by molar-refractivity contribution is 5.73. The molecule has 0 aromatic carbocycles. The first-order valence-electron chi connectivity index (χ1n) is 53.8. The molecule has 118 heavy (non-hydrogen) atoms. The Bertz CT molecular complexity index is 1760. The SMILES string of the molecule is CCCCCCCCC(CCCCCC)C(=O)OCCCCCCCCCN(CCCCCCCCCOC(=O)C(CCCCCC)CCCCCCCC)CCCN(C)CCCN(CCCCCCCCCOC(=O)C(CCCCCC)CCCCCCCC)CCCCCCCCCOC(=O)C(CCCCCC)CCCCCCCC. The average molecular weight is 1670 g/mol. The summed E-state index contributed by atoms with van der Waals surface area (Å²) in [6.45, 7) is 30.0. The van der Waals surface area contributed by atoms with Crippen molar-refractivity contribution in [3.8, 4) is 0 Å². The van der Waals surface area contributed by atoms with E-state index in [1.807, 2.05) is 0 Å². The van der Waals surface area contributed by atoms with Crippen LogP contribution in [0.3, 0.4) is 0 Å². The molecule has 0 bridgehead atoms. The van der Waals surface area contributed by atoms with Crippen molar-refractivity contribution in [1.29, 1.82) is 0 Å². The summed E-state index contributed by atoms with van der Waals surface area (Å²) in [6.07, 6.45) is 94.6. The Morgan fingerprint density at radius 3 is 0.483 bits per heavy atom. The zero-order chi connectivity index (χ0) is 85.8. The monoisotopic (exact) mass is 1670 g/mol. The van der Waals surface area contributed by atoms with Crippen molar-refractivity contribution in [2.45, 2.75) is 556 Å². The van der Waals surface area contributed by atoms with Crippen LogP contribution in [0.4, 0.5) is 0 Å². The molecule has 0 aliphatic rings. The number of esters is 4. The van der Waals surface area contributed by atoms with Gasteiger partial charge in [0.05, 0.1) is 50.1 Å². The predicted octanol–water partition coefficient (Wildman–Crippen LogP) is 32.7. The smallest absolute Gasteiger partial charge is 0.308 e. The van der Waals surface area contributed by atoms with Crippen molar-refractivity contribution >= 4 is 23.9 Å². The van der Waals surface area contributed by atoms with Gasteiger partial charge in [-0.15, -0.1) is 0 Å². The third-order valence-corrected chi connectivity index (χ3v) is 26.1. The molecule has 0 radical (unpaired) electrons. The fourth-order valence-electron chi connectivity index (χ4n) is 17.8. The molecule has 702 valence electrons. The summed E-state index contributed by atoms with van der Waals surface area (Å²) in [5.74, 6) is 0.693. The number of carbonyl (C=O) groups excluding carboxylic acids is 4. The van der Waals surface area contributed by atoms with Crippen molar-refractivity contribution in [2.24, 2.45) is 23.7 Å². The second kappa shape index (κ2) is 95.4. The van der Waals surface area contributed by atoms with Gasteiger partial charge in [-0.1, -0.05) is 441 Å². The van der Waals surface area contributed by atoms with Crippen molar-refractivity contribution in [3.05, 3.63) is 0 Å². The first-order valence-corrected chi connectivity index (χ1v) is 53.8. The lowest BCUT2D eigenvalue weighted by atomic mass is 9.94. The van der Waals surface area contributed by atoms with Crippen LogP contribution in [0, 0.1) is 23.7 Å². The molecule has 4 atom stereocenters. The van der Waals surface area contributed by atoms with Gasteiger partial charge in [0, 0.05) is 0 Å². The van der Waals surface area contributed by atoms with Gasteiger partial charge >= 0.3 is 23.9 Å². The third-order valence-electron chi connectivity index (χ3n) is 26.1. The molecular weight excluding hydrogens is 1460 g/mol. The summed E-state index contributed by atoms with van der Waals surface area (Å²) >= 11 is 0. The van der Waals surface area contributed by atoms with E-state index in [0.29, 0.717) is 26.4 Å². The van der Waals surface area contributed by atoms with E-state index in [9.17, 15) is 19.2 Å². The van der Waals surface area contributed by atoms with E-state index in [4.69, 9.17) is 18.9 Å². The van der Waals surface area contributed by atoms with Crippen molar-refractivity contribution < 1.29 is 38.1 Å². The molecule has 0 saturated carbocycles. The summed E-state index contributed by atoms with van der Waals surface area (Å²) in [7, 11) is 2.37. The average Bonchev–Trinajstić information content (AvgIpc) is 0.953. The maximum Gasteiger partial charge on any atom is 0.308 e. The number of carbonyl (C=O) groups is 4. The van der Waals surface area contributed by atoms with Crippen LogP contribution in [0.5, 0.6) is 0 Å². The Balaban J connectivity index is 5.62. The summed E-state index contributed by atoms with van der Waals surface area (Å²) in [6, 6.07) is 0. The van der Waals surface area contributed by atoms with E-state index in [0.717, 1.165) is 167 Å². The molecular formula is C107H211N3O8. The fraction of sp³-hybridized carbons (Fsp3) is 0.963. The second-order valence-corrected chi connectivity index (χ2v) is 37.7. The predicted molar refractivity (Wildman–Crippen MR) is 514 cm³/mol. The Kier molecular flexibility index (Phi) is 93.6. The summed E-state index contributed by atoms with van der Waals surface area (Å²) in [5.41, 5.74) is 0. The third kappa shape index (κ3) is 80.8. The Labute approximate surface area is 738 Å². The second-order valence-electron chi connectivity index (χ2n) is 37.7. The molecule has 0 aromatic heterocycles. The molecule has 0 aromatic rings. The van der Waals surface area contributed by atoms with Crippen molar-refractivity contribution in [2.75, 3.05) is 85.8 Å². The Hall–Kier alpha value is -2.24. The van der Waals surface area contributed by atoms with Crippen molar-refractivity contribution in [3.63, 3.8) is 0 Å². The highest BCUT2D eigenvalue weighted by atomic mass is 16.5. The van der Waals surface area contributed by atoms with Crippen LogP contribution in [-0.4, -0.2) is 124 Å².